The Morgan fingerprint density at radius 1 is 1.44 bits per heavy atom. The number of anilines is 2. The van der Waals surface area contributed by atoms with Crippen LogP contribution in [0.2, 0.25) is 0 Å². The minimum atomic E-state index is -0.977. The number of hydrogen-bond donors (Lipinski definition) is 3. The van der Waals surface area contributed by atoms with Crippen LogP contribution in [0, 0.1) is 0 Å². The van der Waals surface area contributed by atoms with Crippen LogP contribution in [-0.2, 0) is 4.79 Å². The lowest BCUT2D eigenvalue weighted by Gasteiger charge is -2.26. The number of benzene rings is 1. The van der Waals surface area contributed by atoms with Gasteiger partial charge in [-0.15, -0.1) is 0 Å². The van der Waals surface area contributed by atoms with Crippen molar-refractivity contribution in [3.8, 4) is 0 Å². The van der Waals surface area contributed by atoms with Gasteiger partial charge in [-0.3, -0.25) is 4.79 Å². The van der Waals surface area contributed by atoms with E-state index in [2.05, 4.69) is 10.6 Å². The third-order valence-corrected chi connectivity index (χ3v) is 2.58. The molecule has 1 amide bonds. The van der Waals surface area contributed by atoms with Crippen molar-refractivity contribution in [1.82, 2.24) is 0 Å². The number of nitrogens with one attached hydrogen (secondary N) is 2. The summed E-state index contributed by atoms with van der Waals surface area (Å²) in [6, 6.07) is 4.29. The molecule has 0 aliphatic carbocycles. The van der Waals surface area contributed by atoms with Crippen molar-refractivity contribution in [3.63, 3.8) is 0 Å². The number of carboxylic acid groups (broad SMARTS) is 1. The van der Waals surface area contributed by atoms with Gasteiger partial charge < -0.3 is 15.7 Å². The second-order valence-electron chi connectivity index (χ2n) is 3.66. The van der Waals surface area contributed by atoms with Crippen LogP contribution in [0.3, 0.4) is 0 Å². The molecule has 0 radical (unpaired) electrons. The number of carboxylic acids is 1. The second-order valence-corrected chi connectivity index (χ2v) is 3.66. The minimum Gasteiger partial charge on any atom is -0.478 e. The fraction of sp³-hybridized carbons (Fsp3) is 0.273. The van der Waals surface area contributed by atoms with Crippen molar-refractivity contribution in [2.45, 2.75) is 19.4 Å². The Kier molecular flexibility index (Phi) is 2.52. The molecule has 1 aliphatic heterocycles. The van der Waals surface area contributed by atoms with Crippen molar-refractivity contribution >= 4 is 23.3 Å². The van der Waals surface area contributed by atoms with E-state index in [1.165, 1.54) is 12.1 Å². The van der Waals surface area contributed by atoms with Gasteiger partial charge in [0, 0.05) is 0 Å². The van der Waals surface area contributed by atoms with Crippen LogP contribution < -0.4 is 10.6 Å². The number of carbonyl (C=O) groups excluding carboxylic acids is 1. The Morgan fingerprint density at radius 3 is 2.81 bits per heavy atom. The minimum absolute atomic E-state index is 0.0851. The molecule has 5 heteroatoms. The average Bonchev–Trinajstić information content (AvgIpc) is 2.27. The van der Waals surface area contributed by atoms with E-state index in [9.17, 15) is 9.59 Å². The van der Waals surface area contributed by atoms with Gasteiger partial charge in [0.2, 0.25) is 5.91 Å². The van der Waals surface area contributed by atoms with E-state index >= 15 is 0 Å². The standard InChI is InChI=1S/C11H12N2O3/c1-2-7-10(14)13-8-4-3-6(11(15)16)5-9(8)12-7/h3-5,7,12H,2H2,1H3,(H,13,14)(H,15,16). The molecule has 5 nitrogen and oxygen atoms in total. The largest absolute Gasteiger partial charge is 0.478 e. The molecule has 1 atom stereocenters. The van der Waals surface area contributed by atoms with Gasteiger partial charge in [0.05, 0.1) is 16.9 Å². The third kappa shape index (κ3) is 1.71. The lowest BCUT2D eigenvalue weighted by atomic mass is 10.1. The highest BCUT2D eigenvalue weighted by molar-refractivity contribution is 6.04. The van der Waals surface area contributed by atoms with Crippen molar-refractivity contribution in [2.24, 2.45) is 0 Å². The maximum absolute atomic E-state index is 11.5. The molecule has 1 unspecified atom stereocenters. The quantitative estimate of drug-likeness (QED) is 0.706. The first kappa shape index (κ1) is 10.5. The number of fused-ring (bicyclic) bond motifs is 1. The molecule has 0 spiro atoms. The molecular weight excluding hydrogens is 208 g/mol. The van der Waals surface area contributed by atoms with Gasteiger partial charge >= 0.3 is 5.97 Å². The van der Waals surface area contributed by atoms with E-state index in [0.717, 1.165) is 0 Å². The smallest absolute Gasteiger partial charge is 0.335 e. The number of amides is 1. The molecular formula is C11H12N2O3. The van der Waals surface area contributed by atoms with Gasteiger partial charge in [0.25, 0.3) is 0 Å². The van der Waals surface area contributed by atoms with Gasteiger partial charge in [-0.1, -0.05) is 6.92 Å². The molecule has 1 aliphatic rings. The van der Waals surface area contributed by atoms with E-state index in [1.807, 2.05) is 6.92 Å². The highest BCUT2D eigenvalue weighted by Crippen LogP contribution is 2.28. The molecule has 16 heavy (non-hydrogen) atoms. The summed E-state index contributed by atoms with van der Waals surface area (Å²) in [5, 5.41) is 14.6. The van der Waals surface area contributed by atoms with E-state index in [-0.39, 0.29) is 17.5 Å². The second kappa shape index (κ2) is 3.84. The fourth-order valence-electron chi connectivity index (χ4n) is 1.67. The molecule has 0 saturated heterocycles. The van der Waals surface area contributed by atoms with E-state index in [0.29, 0.717) is 17.8 Å². The predicted octanol–water partition coefficient (Wildman–Crippen LogP) is 1.53. The Morgan fingerprint density at radius 2 is 2.19 bits per heavy atom. The zero-order valence-electron chi connectivity index (χ0n) is 8.78. The van der Waals surface area contributed by atoms with Gasteiger partial charge in [-0.2, -0.15) is 0 Å². The lowest BCUT2D eigenvalue weighted by Crippen LogP contribution is -2.38. The first-order valence-corrected chi connectivity index (χ1v) is 5.06. The summed E-state index contributed by atoms with van der Waals surface area (Å²) in [5.41, 5.74) is 1.49. The Balaban J connectivity index is 2.37. The Bertz CT molecular complexity index is 457. The summed E-state index contributed by atoms with van der Waals surface area (Å²) < 4.78 is 0. The van der Waals surface area contributed by atoms with Crippen LogP contribution in [0.15, 0.2) is 18.2 Å². The number of hydrogen-bond acceptors (Lipinski definition) is 3. The topological polar surface area (TPSA) is 78.4 Å². The Hall–Kier alpha value is -2.04. The highest BCUT2D eigenvalue weighted by Gasteiger charge is 2.24. The summed E-state index contributed by atoms with van der Waals surface area (Å²) in [4.78, 5) is 22.3. The SMILES string of the molecule is CCC1Nc2cc(C(=O)O)ccc2NC1=O. The first-order valence-electron chi connectivity index (χ1n) is 5.06. The number of carbonyl (C=O) groups is 2. The summed E-state index contributed by atoms with van der Waals surface area (Å²) in [6.07, 6.45) is 0.655. The van der Waals surface area contributed by atoms with Crippen LogP contribution in [-0.4, -0.2) is 23.0 Å². The van der Waals surface area contributed by atoms with E-state index < -0.39 is 5.97 Å². The molecule has 0 aromatic heterocycles. The first-order chi connectivity index (χ1) is 7.61. The van der Waals surface area contributed by atoms with Crippen LogP contribution in [0.4, 0.5) is 11.4 Å². The van der Waals surface area contributed by atoms with E-state index in [1.54, 1.807) is 6.07 Å². The number of aromatic carboxylic acids is 1. The summed E-state index contributed by atoms with van der Waals surface area (Å²) in [5.74, 6) is -1.06. The van der Waals surface area contributed by atoms with Crippen LogP contribution in [0.25, 0.3) is 0 Å². The molecule has 1 aromatic rings. The maximum atomic E-state index is 11.5. The van der Waals surface area contributed by atoms with Crippen molar-refractivity contribution in [1.29, 1.82) is 0 Å². The highest BCUT2D eigenvalue weighted by atomic mass is 16.4. The normalized spacial score (nSPS) is 18.3. The van der Waals surface area contributed by atoms with Crippen LogP contribution >= 0.6 is 0 Å². The lowest BCUT2D eigenvalue weighted by molar-refractivity contribution is -0.117. The molecule has 2 rings (SSSR count). The number of rotatable bonds is 2. The Labute approximate surface area is 92.5 Å². The van der Waals surface area contributed by atoms with Crippen LogP contribution in [0.5, 0.6) is 0 Å². The van der Waals surface area contributed by atoms with Crippen LogP contribution in [0.1, 0.15) is 23.7 Å². The van der Waals surface area contributed by atoms with E-state index in [4.69, 9.17) is 5.11 Å². The average molecular weight is 220 g/mol. The molecule has 1 aromatic carbocycles. The maximum Gasteiger partial charge on any atom is 0.335 e. The van der Waals surface area contributed by atoms with Gasteiger partial charge in [-0.05, 0) is 24.6 Å². The van der Waals surface area contributed by atoms with Gasteiger partial charge in [0.1, 0.15) is 6.04 Å². The monoisotopic (exact) mass is 220 g/mol. The van der Waals surface area contributed by atoms with Gasteiger partial charge in [-0.25, -0.2) is 4.79 Å². The van der Waals surface area contributed by atoms with Crippen molar-refractivity contribution in [2.75, 3.05) is 10.6 Å². The molecule has 84 valence electrons. The zero-order valence-corrected chi connectivity index (χ0v) is 8.78. The fourth-order valence-corrected chi connectivity index (χ4v) is 1.67. The van der Waals surface area contributed by atoms with Crippen molar-refractivity contribution < 1.29 is 14.7 Å². The zero-order chi connectivity index (χ0) is 11.7. The third-order valence-electron chi connectivity index (χ3n) is 2.58. The summed E-state index contributed by atoms with van der Waals surface area (Å²) in [6.45, 7) is 1.89. The van der Waals surface area contributed by atoms with Crippen molar-refractivity contribution in [3.05, 3.63) is 23.8 Å². The summed E-state index contributed by atoms with van der Waals surface area (Å²) >= 11 is 0. The summed E-state index contributed by atoms with van der Waals surface area (Å²) in [7, 11) is 0. The predicted molar refractivity (Wildman–Crippen MR) is 59.7 cm³/mol. The molecule has 0 bridgehead atoms. The molecule has 1 heterocycles. The molecule has 3 N–H and O–H groups in total. The molecule has 0 saturated carbocycles. The molecule has 0 fully saturated rings. The van der Waals surface area contributed by atoms with Gasteiger partial charge in [0.15, 0.2) is 0 Å².